The lowest BCUT2D eigenvalue weighted by Crippen LogP contribution is -3.16. The highest BCUT2D eigenvalue weighted by molar-refractivity contribution is 7.89. The summed E-state index contributed by atoms with van der Waals surface area (Å²) in [5, 5.41) is 2.90. The molecule has 1 aromatic rings. The first kappa shape index (κ1) is 23.4. The molecular formula is C21H34N3O4S+. The summed E-state index contributed by atoms with van der Waals surface area (Å²) in [7, 11) is 0.726. The van der Waals surface area contributed by atoms with E-state index in [4.69, 9.17) is 4.74 Å². The Morgan fingerprint density at radius 2 is 2.10 bits per heavy atom. The standard InChI is InChI=1S/C21H33N3O4S/c1-17-8-5-6-14-24(17)15-7-13-22-21(25)12-10-18-9-11-19(28-4)20(16-18)29(26,27)23(2)3/h9-12,16-17H,5-8,13-15H2,1-4H3,(H,22,25)/p+1/b12-10+/t17-/m1/s1. The topological polar surface area (TPSA) is 80.1 Å². The molecule has 1 saturated heterocycles. The molecule has 0 spiro atoms. The number of ether oxygens (including phenoxy) is 1. The van der Waals surface area contributed by atoms with Gasteiger partial charge in [0.25, 0.3) is 0 Å². The lowest BCUT2D eigenvalue weighted by atomic mass is 10.0. The Morgan fingerprint density at radius 3 is 2.76 bits per heavy atom. The van der Waals surface area contributed by atoms with Gasteiger partial charge < -0.3 is 15.0 Å². The van der Waals surface area contributed by atoms with E-state index in [1.807, 2.05) is 0 Å². The van der Waals surface area contributed by atoms with Crippen LogP contribution in [0.5, 0.6) is 5.75 Å². The summed E-state index contributed by atoms with van der Waals surface area (Å²) in [5.41, 5.74) is 0.618. The molecule has 1 fully saturated rings. The van der Waals surface area contributed by atoms with Crippen molar-refractivity contribution in [1.82, 2.24) is 9.62 Å². The van der Waals surface area contributed by atoms with Gasteiger partial charge in [-0.15, -0.1) is 0 Å². The minimum Gasteiger partial charge on any atom is -0.495 e. The lowest BCUT2D eigenvalue weighted by molar-refractivity contribution is -0.928. The van der Waals surface area contributed by atoms with E-state index in [9.17, 15) is 13.2 Å². The molecule has 1 unspecified atom stereocenters. The molecule has 2 rings (SSSR count). The predicted molar refractivity (Wildman–Crippen MR) is 115 cm³/mol. The van der Waals surface area contributed by atoms with Crippen molar-refractivity contribution in [2.45, 2.75) is 43.5 Å². The second kappa shape index (κ2) is 10.8. The molecule has 1 aliphatic rings. The number of likely N-dealkylation sites (tertiary alicyclic amines) is 1. The van der Waals surface area contributed by atoms with Crippen LogP contribution < -0.4 is 15.0 Å². The third-order valence-electron chi connectivity index (χ3n) is 5.43. The van der Waals surface area contributed by atoms with Gasteiger partial charge in [-0.05, 0) is 50.0 Å². The molecule has 29 heavy (non-hydrogen) atoms. The zero-order valence-electron chi connectivity index (χ0n) is 17.9. The van der Waals surface area contributed by atoms with Gasteiger partial charge in [-0.2, -0.15) is 0 Å². The lowest BCUT2D eigenvalue weighted by Gasteiger charge is -2.30. The summed E-state index contributed by atoms with van der Waals surface area (Å²) >= 11 is 0. The molecule has 0 radical (unpaired) electrons. The number of quaternary nitrogens is 1. The maximum atomic E-state index is 12.5. The monoisotopic (exact) mass is 424 g/mol. The van der Waals surface area contributed by atoms with Crippen molar-refractivity contribution in [2.75, 3.05) is 40.8 Å². The number of piperidine rings is 1. The van der Waals surface area contributed by atoms with Crippen molar-refractivity contribution in [3.8, 4) is 5.75 Å². The van der Waals surface area contributed by atoms with E-state index < -0.39 is 10.0 Å². The summed E-state index contributed by atoms with van der Waals surface area (Å²) in [4.78, 5) is 13.8. The second-order valence-corrected chi connectivity index (χ2v) is 9.85. The third-order valence-corrected chi connectivity index (χ3v) is 7.27. The van der Waals surface area contributed by atoms with Gasteiger partial charge in [0, 0.05) is 33.1 Å². The van der Waals surface area contributed by atoms with Crippen molar-refractivity contribution in [3.63, 3.8) is 0 Å². The minimum atomic E-state index is -3.64. The van der Waals surface area contributed by atoms with Gasteiger partial charge >= 0.3 is 0 Å². The Labute approximate surface area is 174 Å². The zero-order chi connectivity index (χ0) is 21.4. The predicted octanol–water partition coefficient (Wildman–Crippen LogP) is 0.922. The normalized spacial score (nSPS) is 20.2. The van der Waals surface area contributed by atoms with Crippen molar-refractivity contribution in [1.29, 1.82) is 0 Å². The number of benzene rings is 1. The summed E-state index contributed by atoms with van der Waals surface area (Å²) in [5.74, 6) is 0.0919. The molecule has 1 amide bonds. The molecule has 162 valence electrons. The van der Waals surface area contributed by atoms with Gasteiger partial charge in [0.2, 0.25) is 15.9 Å². The van der Waals surface area contributed by atoms with Crippen LogP contribution in [0.4, 0.5) is 0 Å². The summed E-state index contributed by atoms with van der Waals surface area (Å²) < 4.78 is 31.3. The van der Waals surface area contributed by atoms with Gasteiger partial charge in [0.05, 0.1) is 26.2 Å². The van der Waals surface area contributed by atoms with Crippen LogP contribution in [0, 0.1) is 0 Å². The Morgan fingerprint density at radius 1 is 1.34 bits per heavy atom. The van der Waals surface area contributed by atoms with E-state index in [-0.39, 0.29) is 16.6 Å². The number of rotatable bonds is 9. The van der Waals surface area contributed by atoms with Gasteiger partial charge in [-0.25, -0.2) is 12.7 Å². The van der Waals surface area contributed by atoms with E-state index >= 15 is 0 Å². The highest BCUT2D eigenvalue weighted by atomic mass is 32.2. The van der Waals surface area contributed by atoms with Crippen LogP contribution in [0.25, 0.3) is 6.08 Å². The summed E-state index contributed by atoms with van der Waals surface area (Å²) in [6.07, 6.45) is 7.91. The van der Waals surface area contributed by atoms with E-state index in [1.165, 1.54) is 59.2 Å². The van der Waals surface area contributed by atoms with Gasteiger partial charge in [0.1, 0.15) is 10.6 Å². The van der Waals surface area contributed by atoms with Gasteiger partial charge in [-0.1, -0.05) is 6.07 Å². The molecule has 1 aliphatic heterocycles. The first-order valence-corrected chi connectivity index (χ1v) is 11.6. The SMILES string of the molecule is COc1ccc(/C=C/C(=O)NCCC[NH+]2CCCC[C@H]2C)cc1S(=O)(=O)N(C)C. The number of nitrogens with zero attached hydrogens (tertiary/aromatic N) is 1. The zero-order valence-corrected chi connectivity index (χ0v) is 18.7. The summed E-state index contributed by atoms with van der Waals surface area (Å²) in [6, 6.07) is 5.54. The minimum absolute atomic E-state index is 0.0752. The van der Waals surface area contributed by atoms with Crippen LogP contribution in [0.1, 0.15) is 38.2 Å². The largest absolute Gasteiger partial charge is 0.495 e. The Kier molecular flexibility index (Phi) is 8.67. The van der Waals surface area contributed by atoms with Crippen LogP contribution in [0.2, 0.25) is 0 Å². The molecule has 0 aliphatic carbocycles. The van der Waals surface area contributed by atoms with E-state index in [1.54, 1.807) is 23.1 Å². The van der Waals surface area contributed by atoms with Crippen molar-refractivity contribution < 1.29 is 22.8 Å². The molecular weight excluding hydrogens is 390 g/mol. The molecule has 0 saturated carbocycles. The number of carbonyl (C=O) groups excluding carboxylic acids is 1. The van der Waals surface area contributed by atoms with E-state index in [2.05, 4.69) is 12.2 Å². The van der Waals surface area contributed by atoms with Crippen molar-refractivity contribution in [3.05, 3.63) is 29.8 Å². The van der Waals surface area contributed by atoms with Crippen molar-refractivity contribution in [2.24, 2.45) is 0 Å². The fourth-order valence-corrected chi connectivity index (χ4v) is 4.66. The number of methoxy groups -OCH3 is 1. The van der Waals surface area contributed by atoms with E-state index in [0.717, 1.165) is 17.3 Å². The average molecular weight is 425 g/mol. The highest BCUT2D eigenvalue weighted by Crippen LogP contribution is 2.27. The number of carbonyl (C=O) groups is 1. The Bertz CT molecular complexity index is 821. The van der Waals surface area contributed by atoms with E-state index in [0.29, 0.717) is 18.2 Å². The number of amides is 1. The highest BCUT2D eigenvalue weighted by Gasteiger charge is 2.22. The number of hydrogen-bond donors (Lipinski definition) is 2. The van der Waals surface area contributed by atoms with Crippen LogP contribution >= 0.6 is 0 Å². The number of sulfonamides is 1. The Hall–Kier alpha value is -1.90. The first-order chi connectivity index (χ1) is 13.8. The van der Waals surface area contributed by atoms with Gasteiger partial charge in [0.15, 0.2) is 0 Å². The molecule has 0 bridgehead atoms. The molecule has 1 aromatic carbocycles. The quantitative estimate of drug-likeness (QED) is 0.456. The van der Waals surface area contributed by atoms with Crippen molar-refractivity contribution >= 4 is 22.0 Å². The maximum absolute atomic E-state index is 12.5. The number of hydrogen-bond acceptors (Lipinski definition) is 4. The molecule has 2 atom stereocenters. The van der Waals surface area contributed by atoms with Crippen LogP contribution in [0.3, 0.4) is 0 Å². The Balaban J connectivity index is 1.91. The smallest absolute Gasteiger partial charge is 0.246 e. The van der Waals surface area contributed by atoms with Crippen LogP contribution in [0.15, 0.2) is 29.2 Å². The maximum Gasteiger partial charge on any atom is 0.246 e. The van der Waals surface area contributed by atoms with Crippen LogP contribution in [-0.2, 0) is 14.8 Å². The molecule has 2 N–H and O–H groups in total. The molecule has 8 heteroatoms. The third kappa shape index (κ3) is 6.55. The second-order valence-electron chi connectivity index (χ2n) is 7.73. The van der Waals surface area contributed by atoms with Crippen LogP contribution in [-0.4, -0.2) is 65.5 Å². The molecule has 1 heterocycles. The molecule has 7 nitrogen and oxygen atoms in total. The first-order valence-electron chi connectivity index (χ1n) is 10.2. The fraction of sp³-hybridized carbons (Fsp3) is 0.571. The number of nitrogens with one attached hydrogen (secondary N) is 2. The summed E-state index contributed by atoms with van der Waals surface area (Å²) in [6.45, 7) is 5.25. The molecule has 0 aromatic heterocycles. The average Bonchev–Trinajstić information content (AvgIpc) is 2.70. The van der Waals surface area contributed by atoms with Gasteiger partial charge in [-0.3, -0.25) is 4.79 Å². The fourth-order valence-electron chi connectivity index (χ4n) is 3.58.